The minimum absolute atomic E-state index is 0.101. The van der Waals surface area contributed by atoms with E-state index in [1.807, 2.05) is 53.4 Å². The summed E-state index contributed by atoms with van der Waals surface area (Å²) < 4.78 is 2.04. The second kappa shape index (κ2) is 7.37. The number of carbonyl (C=O) groups excluding carboxylic acids is 1. The molecule has 5 heteroatoms. The number of hydrogen-bond acceptors (Lipinski definition) is 3. The molecular weight excluding hydrogens is 354 g/mol. The predicted octanol–water partition coefficient (Wildman–Crippen LogP) is 4.57. The van der Waals surface area contributed by atoms with Gasteiger partial charge in [0.05, 0.1) is 12.1 Å². The van der Waals surface area contributed by atoms with E-state index in [2.05, 4.69) is 31.2 Å². The van der Waals surface area contributed by atoms with Gasteiger partial charge < -0.3 is 4.90 Å². The van der Waals surface area contributed by atoms with Crippen molar-refractivity contribution in [3.05, 3.63) is 83.0 Å². The van der Waals surface area contributed by atoms with Gasteiger partial charge in [-0.25, -0.2) is 4.98 Å². The van der Waals surface area contributed by atoms with E-state index in [1.165, 1.54) is 5.56 Å². The molecule has 0 N–H and O–H groups in total. The summed E-state index contributed by atoms with van der Waals surface area (Å²) in [6.45, 7) is 2.69. The number of hydrogen-bond donors (Lipinski definition) is 0. The summed E-state index contributed by atoms with van der Waals surface area (Å²) in [6, 6.07) is 18.4. The normalized spacial score (nSPS) is 11.0. The van der Waals surface area contributed by atoms with Crippen molar-refractivity contribution in [2.24, 2.45) is 0 Å². The van der Waals surface area contributed by atoms with Crippen molar-refractivity contribution in [1.29, 1.82) is 0 Å². The van der Waals surface area contributed by atoms with E-state index < -0.39 is 0 Å². The highest BCUT2D eigenvalue weighted by Crippen LogP contribution is 2.24. The molecule has 0 spiro atoms. The third kappa shape index (κ3) is 3.78. The fraction of sp³-hybridized carbons (Fsp3) is 0.182. The molecule has 2 aromatic heterocycles. The van der Waals surface area contributed by atoms with Crippen LogP contribution in [0, 0.1) is 6.92 Å². The van der Waals surface area contributed by atoms with Crippen LogP contribution in [-0.4, -0.2) is 27.2 Å². The number of thiazole rings is 1. The molecule has 0 unspecified atom stereocenters. The fourth-order valence-electron chi connectivity index (χ4n) is 3.06. The Morgan fingerprint density at radius 2 is 1.85 bits per heavy atom. The van der Waals surface area contributed by atoms with Crippen molar-refractivity contribution in [2.45, 2.75) is 19.9 Å². The second-order valence-corrected chi connectivity index (χ2v) is 7.62. The Bertz CT molecular complexity index is 1060. The predicted molar refractivity (Wildman–Crippen MR) is 110 cm³/mol. The van der Waals surface area contributed by atoms with E-state index in [9.17, 15) is 4.79 Å². The zero-order valence-electron chi connectivity index (χ0n) is 15.4. The Kier molecular flexibility index (Phi) is 4.77. The van der Waals surface area contributed by atoms with E-state index in [-0.39, 0.29) is 5.91 Å². The number of amides is 1. The zero-order valence-corrected chi connectivity index (χ0v) is 16.2. The van der Waals surface area contributed by atoms with Crippen LogP contribution in [0.15, 0.2) is 66.2 Å². The molecule has 4 nitrogen and oxygen atoms in total. The maximum Gasteiger partial charge on any atom is 0.228 e. The highest BCUT2D eigenvalue weighted by Gasteiger charge is 2.15. The number of imidazole rings is 1. The van der Waals surface area contributed by atoms with Gasteiger partial charge in [-0.05, 0) is 12.5 Å². The highest BCUT2D eigenvalue weighted by molar-refractivity contribution is 7.15. The molecule has 0 saturated heterocycles. The van der Waals surface area contributed by atoms with E-state index in [4.69, 9.17) is 4.98 Å². The first-order valence-corrected chi connectivity index (χ1v) is 9.78. The lowest BCUT2D eigenvalue weighted by molar-refractivity contribution is -0.129. The van der Waals surface area contributed by atoms with E-state index >= 15 is 0 Å². The Labute approximate surface area is 162 Å². The van der Waals surface area contributed by atoms with Crippen LogP contribution in [-0.2, 0) is 17.8 Å². The average molecular weight is 375 g/mol. The van der Waals surface area contributed by atoms with Crippen molar-refractivity contribution < 1.29 is 4.79 Å². The first-order valence-electron chi connectivity index (χ1n) is 8.90. The van der Waals surface area contributed by atoms with Gasteiger partial charge in [0.1, 0.15) is 0 Å². The van der Waals surface area contributed by atoms with Gasteiger partial charge in [0.15, 0.2) is 4.96 Å². The number of nitrogens with zero attached hydrogens (tertiary/aromatic N) is 3. The van der Waals surface area contributed by atoms with Crippen LogP contribution in [0.25, 0.3) is 16.2 Å². The van der Waals surface area contributed by atoms with E-state index in [1.54, 1.807) is 16.2 Å². The van der Waals surface area contributed by atoms with Crippen LogP contribution in [0.5, 0.6) is 0 Å². The standard InChI is InChI=1S/C22H21N3OS/c1-16-8-10-18(11-9-16)20-14-25-19(15-27-22(25)23-20)12-21(26)24(2)13-17-6-4-3-5-7-17/h3-11,14-15H,12-13H2,1-2H3. The van der Waals surface area contributed by atoms with Gasteiger partial charge >= 0.3 is 0 Å². The molecule has 1 amide bonds. The van der Waals surface area contributed by atoms with Gasteiger partial charge in [-0.3, -0.25) is 9.20 Å². The molecule has 0 atom stereocenters. The molecule has 0 fully saturated rings. The van der Waals surface area contributed by atoms with Gasteiger partial charge in [-0.1, -0.05) is 60.2 Å². The van der Waals surface area contributed by atoms with Crippen molar-refractivity contribution in [1.82, 2.24) is 14.3 Å². The fourth-order valence-corrected chi connectivity index (χ4v) is 3.93. The SMILES string of the molecule is Cc1ccc(-c2cn3c(CC(=O)N(C)Cc4ccccc4)csc3n2)cc1. The number of rotatable bonds is 5. The van der Waals surface area contributed by atoms with Crippen LogP contribution >= 0.6 is 11.3 Å². The molecule has 0 aliphatic rings. The molecule has 27 heavy (non-hydrogen) atoms. The lowest BCUT2D eigenvalue weighted by Crippen LogP contribution is -2.28. The van der Waals surface area contributed by atoms with Crippen molar-refractivity contribution >= 4 is 22.2 Å². The Morgan fingerprint density at radius 3 is 2.59 bits per heavy atom. The van der Waals surface area contributed by atoms with Crippen LogP contribution in [0.2, 0.25) is 0 Å². The molecule has 0 saturated carbocycles. The molecule has 0 radical (unpaired) electrons. The van der Waals surface area contributed by atoms with Gasteiger partial charge in [-0.2, -0.15) is 0 Å². The van der Waals surface area contributed by atoms with Gasteiger partial charge in [0.25, 0.3) is 0 Å². The van der Waals surface area contributed by atoms with Gasteiger partial charge in [-0.15, -0.1) is 11.3 Å². The van der Waals surface area contributed by atoms with Gasteiger partial charge in [0.2, 0.25) is 5.91 Å². The minimum Gasteiger partial charge on any atom is -0.341 e. The second-order valence-electron chi connectivity index (χ2n) is 6.78. The van der Waals surface area contributed by atoms with Crippen LogP contribution in [0.4, 0.5) is 0 Å². The largest absolute Gasteiger partial charge is 0.341 e. The lowest BCUT2D eigenvalue weighted by Gasteiger charge is -2.17. The van der Waals surface area contributed by atoms with E-state index in [0.717, 1.165) is 27.5 Å². The van der Waals surface area contributed by atoms with Crippen molar-refractivity contribution in [3.63, 3.8) is 0 Å². The monoisotopic (exact) mass is 375 g/mol. The number of aryl methyl sites for hydroxylation is 1. The maximum atomic E-state index is 12.7. The number of aromatic nitrogens is 2. The molecule has 4 aromatic rings. The third-order valence-electron chi connectivity index (χ3n) is 4.65. The molecule has 0 bridgehead atoms. The summed E-state index contributed by atoms with van der Waals surface area (Å²) in [5, 5.41) is 2.02. The summed E-state index contributed by atoms with van der Waals surface area (Å²) in [6.07, 6.45) is 2.39. The van der Waals surface area contributed by atoms with Crippen LogP contribution in [0.3, 0.4) is 0 Å². The highest BCUT2D eigenvalue weighted by atomic mass is 32.1. The first kappa shape index (κ1) is 17.5. The smallest absolute Gasteiger partial charge is 0.228 e. The summed E-state index contributed by atoms with van der Waals surface area (Å²) in [5.74, 6) is 0.101. The molecule has 2 aromatic carbocycles. The van der Waals surface area contributed by atoms with Crippen LogP contribution < -0.4 is 0 Å². The Morgan fingerprint density at radius 1 is 1.11 bits per heavy atom. The topological polar surface area (TPSA) is 37.6 Å². The summed E-state index contributed by atoms with van der Waals surface area (Å²) in [5.41, 5.74) is 5.37. The number of benzene rings is 2. The summed E-state index contributed by atoms with van der Waals surface area (Å²) >= 11 is 1.57. The summed E-state index contributed by atoms with van der Waals surface area (Å²) in [7, 11) is 1.85. The summed E-state index contributed by atoms with van der Waals surface area (Å²) in [4.78, 5) is 20.1. The van der Waals surface area contributed by atoms with Gasteiger partial charge in [0, 0.05) is 36.4 Å². The Balaban J connectivity index is 1.52. The lowest BCUT2D eigenvalue weighted by atomic mass is 10.1. The Hall–Kier alpha value is -2.92. The van der Waals surface area contributed by atoms with E-state index in [0.29, 0.717) is 13.0 Å². The average Bonchev–Trinajstić information content (AvgIpc) is 3.25. The minimum atomic E-state index is 0.101. The number of likely N-dealkylation sites (N-methyl/N-ethyl adjacent to an activating group) is 1. The first-order chi connectivity index (χ1) is 13.1. The molecule has 4 rings (SSSR count). The van der Waals surface area contributed by atoms with Crippen LogP contribution in [0.1, 0.15) is 16.8 Å². The molecule has 136 valence electrons. The number of fused-ring (bicyclic) bond motifs is 1. The van der Waals surface area contributed by atoms with Crippen molar-refractivity contribution in [3.8, 4) is 11.3 Å². The zero-order chi connectivity index (χ0) is 18.8. The molecule has 0 aliphatic heterocycles. The molecule has 0 aliphatic carbocycles. The van der Waals surface area contributed by atoms with Crippen molar-refractivity contribution in [2.75, 3.05) is 7.05 Å². The third-order valence-corrected chi connectivity index (χ3v) is 5.54. The number of carbonyl (C=O) groups is 1. The molecular formula is C22H21N3OS. The quantitative estimate of drug-likeness (QED) is 0.512. The molecule has 2 heterocycles. The maximum absolute atomic E-state index is 12.7.